The van der Waals surface area contributed by atoms with Crippen molar-refractivity contribution < 1.29 is 14.6 Å². The van der Waals surface area contributed by atoms with E-state index in [1.165, 1.54) is 0 Å². The molecule has 9 heavy (non-hydrogen) atoms. The summed E-state index contributed by atoms with van der Waals surface area (Å²) in [7, 11) is 0. The van der Waals surface area contributed by atoms with Crippen molar-refractivity contribution in [3.05, 3.63) is 0 Å². The Labute approximate surface area is 52.8 Å². The van der Waals surface area contributed by atoms with E-state index in [9.17, 15) is 4.79 Å². The third kappa shape index (κ3) is 1.32. The molecule has 1 aliphatic heterocycles. The minimum atomic E-state index is -0.744. The van der Waals surface area contributed by atoms with E-state index < -0.39 is 12.3 Å². The molecule has 4 nitrogen and oxygen atoms in total. The highest BCUT2D eigenvalue weighted by atomic mass is 16.6. The van der Waals surface area contributed by atoms with Gasteiger partial charge in [0.15, 0.2) is 0 Å². The minimum absolute atomic E-state index is 0.0114. The number of ether oxygens (including phenoxy) is 1. The molecule has 0 spiro atoms. The number of alkyl carbamates (subject to hydrolysis) is 1. The molecule has 1 amide bonds. The molecule has 1 rings (SSSR count). The second-order valence-corrected chi connectivity index (χ2v) is 2.16. The molecule has 0 radical (unpaired) electrons. The first-order valence-electron chi connectivity index (χ1n) is 2.81. The van der Waals surface area contributed by atoms with Crippen LogP contribution < -0.4 is 5.32 Å². The summed E-state index contributed by atoms with van der Waals surface area (Å²) in [6, 6.07) is 0. The average molecular weight is 131 g/mol. The number of hydrogen-bond donors (Lipinski definition) is 2. The zero-order chi connectivity index (χ0) is 6.85. The van der Waals surface area contributed by atoms with Gasteiger partial charge in [-0.15, -0.1) is 0 Å². The summed E-state index contributed by atoms with van der Waals surface area (Å²) in [4.78, 5) is 10.3. The first kappa shape index (κ1) is 6.35. The Morgan fingerprint density at radius 2 is 2.56 bits per heavy atom. The lowest BCUT2D eigenvalue weighted by Gasteiger charge is -2.24. The van der Waals surface area contributed by atoms with Crippen LogP contribution in [0.4, 0.5) is 4.79 Å². The van der Waals surface area contributed by atoms with Crippen molar-refractivity contribution in [2.45, 2.75) is 13.2 Å². The summed E-state index contributed by atoms with van der Waals surface area (Å²) in [5, 5.41) is 11.2. The molecular formula is C5H9NO3. The zero-order valence-electron chi connectivity index (χ0n) is 5.13. The van der Waals surface area contributed by atoms with Crippen LogP contribution in [-0.2, 0) is 4.74 Å². The van der Waals surface area contributed by atoms with Crippen LogP contribution in [0.3, 0.4) is 0 Å². The van der Waals surface area contributed by atoms with Crippen molar-refractivity contribution in [2.75, 3.05) is 6.61 Å². The van der Waals surface area contributed by atoms with Gasteiger partial charge in [0.2, 0.25) is 0 Å². The van der Waals surface area contributed by atoms with E-state index in [2.05, 4.69) is 10.1 Å². The van der Waals surface area contributed by atoms with Crippen LogP contribution in [0.15, 0.2) is 0 Å². The van der Waals surface area contributed by atoms with Gasteiger partial charge in [0.05, 0.1) is 0 Å². The van der Waals surface area contributed by atoms with Crippen LogP contribution >= 0.6 is 0 Å². The van der Waals surface area contributed by atoms with Crippen molar-refractivity contribution in [2.24, 2.45) is 5.92 Å². The van der Waals surface area contributed by atoms with E-state index >= 15 is 0 Å². The van der Waals surface area contributed by atoms with Crippen LogP contribution in [0.25, 0.3) is 0 Å². The first-order chi connectivity index (χ1) is 4.20. The molecule has 2 unspecified atom stereocenters. The first-order valence-corrected chi connectivity index (χ1v) is 2.81. The fraction of sp³-hybridized carbons (Fsp3) is 0.800. The molecule has 0 aromatic rings. The van der Waals surface area contributed by atoms with Gasteiger partial charge in [0.25, 0.3) is 0 Å². The Bertz CT molecular complexity index is 125. The van der Waals surface area contributed by atoms with Gasteiger partial charge in [-0.05, 0) is 0 Å². The number of hydrogen-bond acceptors (Lipinski definition) is 3. The molecule has 0 aromatic heterocycles. The summed E-state index contributed by atoms with van der Waals surface area (Å²) in [6.07, 6.45) is -1.29. The lowest BCUT2D eigenvalue weighted by atomic mass is 10.1. The maximum absolute atomic E-state index is 10.3. The maximum Gasteiger partial charge on any atom is 0.409 e. The molecular weight excluding hydrogens is 122 g/mol. The normalized spacial score (nSPS) is 35.1. The smallest absolute Gasteiger partial charge is 0.409 e. The minimum Gasteiger partial charge on any atom is -0.449 e. The number of carbonyl (C=O) groups is 1. The van der Waals surface area contributed by atoms with Crippen LogP contribution in [0.5, 0.6) is 0 Å². The van der Waals surface area contributed by atoms with E-state index in [-0.39, 0.29) is 5.92 Å². The molecule has 0 aromatic carbocycles. The van der Waals surface area contributed by atoms with Gasteiger partial charge in [-0.1, -0.05) is 6.92 Å². The van der Waals surface area contributed by atoms with Crippen molar-refractivity contribution in [3.63, 3.8) is 0 Å². The van der Waals surface area contributed by atoms with E-state index in [4.69, 9.17) is 5.11 Å². The standard InChI is InChI=1S/C5H9NO3/c1-3-2-9-5(8)6-4(3)7/h3-4,7H,2H2,1H3,(H,6,8). The maximum atomic E-state index is 10.3. The quantitative estimate of drug-likeness (QED) is 0.473. The summed E-state index contributed by atoms with van der Waals surface area (Å²) >= 11 is 0. The molecule has 52 valence electrons. The van der Waals surface area contributed by atoms with E-state index in [1.54, 1.807) is 6.92 Å². The van der Waals surface area contributed by atoms with E-state index in [1.807, 2.05) is 0 Å². The molecule has 2 atom stereocenters. The average Bonchev–Trinajstić information content (AvgIpc) is 1.80. The highest BCUT2D eigenvalue weighted by Crippen LogP contribution is 2.05. The molecule has 0 bridgehead atoms. The Morgan fingerprint density at radius 3 is 3.00 bits per heavy atom. The van der Waals surface area contributed by atoms with Crippen molar-refractivity contribution in [1.82, 2.24) is 5.32 Å². The topological polar surface area (TPSA) is 58.6 Å². The number of cyclic esters (lactones) is 1. The summed E-state index contributed by atoms with van der Waals surface area (Å²) < 4.78 is 4.55. The van der Waals surface area contributed by atoms with Gasteiger partial charge >= 0.3 is 6.09 Å². The Hall–Kier alpha value is -0.770. The van der Waals surface area contributed by atoms with Crippen molar-refractivity contribution in [1.29, 1.82) is 0 Å². The van der Waals surface area contributed by atoms with Gasteiger partial charge in [-0.2, -0.15) is 0 Å². The number of aliphatic hydroxyl groups excluding tert-OH is 1. The number of carbonyl (C=O) groups excluding carboxylic acids is 1. The second-order valence-electron chi connectivity index (χ2n) is 2.16. The monoisotopic (exact) mass is 131 g/mol. The van der Waals surface area contributed by atoms with Crippen molar-refractivity contribution >= 4 is 6.09 Å². The largest absolute Gasteiger partial charge is 0.449 e. The molecule has 0 saturated carbocycles. The summed E-state index contributed by atoms with van der Waals surface area (Å²) in [5.41, 5.74) is 0. The van der Waals surface area contributed by atoms with Gasteiger partial charge in [0, 0.05) is 5.92 Å². The molecule has 4 heteroatoms. The van der Waals surface area contributed by atoms with E-state index in [0.717, 1.165) is 0 Å². The SMILES string of the molecule is CC1COC(=O)NC1O. The van der Waals surface area contributed by atoms with Crippen LogP contribution in [0.1, 0.15) is 6.92 Å². The Kier molecular flexibility index (Phi) is 1.57. The third-order valence-electron chi connectivity index (χ3n) is 1.28. The molecule has 0 aliphatic carbocycles. The van der Waals surface area contributed by atoms with Crippen LogP contribution in [0.2, 0.25) is 0 Å². The lowest BCUT2D eigenvalue weighted by Crippen LogP contribution is -2.46. The zero-order valence-corrected chi connectivity index (χ0v) is 5.13. The predicted molar refractivity (Wildman–Crippen MR) is 29.7 cm³/mol. The highest BCUT2D eigenvalue weighted by Gasteiger charge is 2.23. The van der Waals surface area contributed by atoms with Gasteiger partial charge < -0.3 is 9.84 Å². The molecule has 1 fully saturated rings. The predicted octanol–water partition coefficient (Wildman–Crippen LogP) is -0.319. The molecule has 1 saturated heterocycles. The van der Waals surface area contributed by atoms with E-state index in [0.29, 0.717) is 6.61 Å². The Morgan fingerprint density at radius 1 is 1.89 bits per heavy atom. The van der Waals surface area contributed by atoms with Crippen LogP contribution in [0, 0.1) is 5.92 Å². The van der Waals surface area contributed by atoms with Gasteiger partial charge in [-0.3, -0.25) is 5.32 Å². The van der Waals surface area contributed by atoms with Gasteiger partial charge in [0.1, 0.15) is 12.8 Å². The molecule has 2 N–H and O–H groups in total. The Balaban J connectivity index is 2.44. The molecule has 1 heterocycles. The summed E-state index contributed by atoms with van der Waals surface area (Å²) in [5.74, 6) is -0.0114. The fourth-order valence-electron chi connectivity index (χ4n) is 0.603. The number of amides is 1. The third-order valence-corrected chi connectivity index (χ3v) is 1.28. The highest BCUT2D eigenvalue weighted by molar-refractivity contribution is 5.68. The second kappa shape index (κ2) is 2.23. The number of nitrogens with one attached hydrogen (secondary N) is 1. The van der Waals surface area contributed by atoms with Crippen molar-refractivity contribution in [3.8, 4) is 0 Å². The fourth-order valence-corrected chi connectivity index (χ4v) is 0.603. The number of aliphatic hydroxyl groups is 1. The number of rotatable bonds is 0. The lowest BCUT2D eigenvalue weighted by molar-refractivity contribution is 0.00319. The summed E-state index contributed by atoms with van der Waals surface area (Å²) in [6.45, 7) is 2.09. The van der Waals surface area contributed by atoms with Crippen LogP contribution in [-0.4, -0.2) is 24.0 Å². The molecule has 1 aliphatic rings. The van der Waals surface area contributed by atoms with Gasteiger partial charge in [-0.25, -0.2) is 4.79 Å².